The summed E-state index contributed by atoms with van der Waals surface area (Å²) in [6.45, 7) is 2.13. The van der Waals surface area contributed by atoms with Crippen molar-refractivity contribution in [2.75, 3.05) is 23.4 Å². The molecule has 0 atom stereocenters. The topological polar surface area (TPSA) is 106 Å². The normalized spacial score (nSPS) is 14.3. The van der Waals surface area contributed by atoms with Crippen LogP contribution in [0.2, 0.25) is 0 Å². The van der Waals surface area contributed by atoms with E-state index in [2.05, 4.69) is 15.4 Å². The highest BCUT2D eigenvalue weighted by molar-refractivity contribution is 7.15. The third kappa shape index (κ3) is 5.34. The second-order valence-corrected chi connectivity index (χ2v) is 10.6. The number of hydrogen-bond donors (Lipinski definition) is 1. The molecule has 13 heteroatoms. The molecule has 6 rings (SSSR count). The molecule has 2 aromatic heterocycles. The van der Waals surface area contributed by atoms with Crippen LogP contribution in [0.3, 0.4) is 0 Å². The lowest BCUT2D eigenvalue weighted by molar-refractivity contribution is -0.137. The Morgan fingerprint density at radius 1 is 1.02 bits per heavy atom. The van der Waals surface area contributed by atoms with E-state index in [0.717, 1.165) is 34.4 Å². The fourth-order valence-corrected chi connectivity index (χ4v) is 5.70. The van der Waals surface area contributed by atoms with Crippen molar-refractivity contribution in [3.63, 3.8) is 0 Å². The molecule has 1 aliphatic heterocycles. The Hall–Kier alpha value is -5.04. The number of nitrogens with zero attached hydrogens (tertiary/aromatic N) is 4. The maximum absolute atomic E-state index is 13.6. The van der Waals surface area contributed by atoms with Crippen molar-refractivity contribution in [1.82, 2.24) is 14.6 Å². The van der Waals surface area contributed by atoms with Crippen LogP contribution in [0.4, 0.5) is 24.5 Å². The summed E-state index contributed by atoms with van der Waals surface area (Å²) in [7, 11) is 0. The van der Waals surface area contributed by atoms with Gasteiger partial charge in [-0.25, -0.2) is 0 Å². The van der Waals surface area contributed by atoms with Crippen LogP contribution >= 0.6 is 11.3 Å². The van der Waals surface area contributed by atoms with Gasteiger partial charge in [0.1, 0.15) is 16.8 Å². The van der Waals surface area contributed by atoms with Crippen molar-refractivity contribution in [2.24, 2.45) is 0 Å². The van der Waals surface area contributed by atoms with Gasteiger partial charge in [-0.15, -0.1) is 5.10 Å². The molecule has 9 nitrogen and oxygen atoms in total. The number of carbonyl (C=O) groups is 2. The van der Waals surface area contributed by atoms with E-state index >= 15 is 0 Å². The van der Waals surface area contributed by atoms with E-state index in [1.54, 1.807) is 48.5 Å². The first-order chi connectivity index (χ1) is 20.6. The number of aromatic nitrogens is 3. The molecule has 0 unspecified atom stereocenters. The van der Waals surface area contributed by atoms with Gasteiger partial charge < -0.3 is 10.1 Å². The minimum atomic E-state index is -4.57. The lowest BCUT2D eigenvalue weighted by Gasteiger charge is -2.17. The van der Waals surface area contributed by atoms with E-state index in [-0.39, 0.29) is 15.8 Å². The number of fused-ring (bicyclic) bond motifs is 2. The number of hydrogen-bond acceptors (Lipinski definition) is 7. The molecule has 0 saturated heterocycles. The number of anilines is 2. The molecule has 3 heterocycles. The minimum Gasteiger partial charge on any atom is -0.494 e. The van der Waals surface area contributed by atoms with E-state index in [4.69, 9.17) is 4.74 Å². The number of thiazole rings is 1. The van der Waals surface area contributed by atoms with E-state index in [9.17, 15) is 27.6 Å². The van der Waals surface area contributed by atoms with Crippen LogP contribution in [-0.4, -0.2) is 39.6 Å². The Balaban J connectivity index is 1.30. The highest BCUT2D eigenvalue weighted by atomic mass is 32.1. The summed E-state index contributed by atoms with van der Waals surface area (Å²) < 4.78 is 46.1. The summed E-state index contributed by atoms with van der Waals surface area (Å²) in [4.78, 5) is 45.9. The first-order valence-electron chi connectivity index (χ1n) is 13.2. The van der Waals surface area contributed by atoms with Crippen molar-refractivity contribution in [1.29, 1.82) is 0 Å². The van der Waals surface area contributed by atoms with Gasteiger partial charge in [-0.3, -0.25) is 19.3 Å². The molecule has 1 aliphatic rings. The maximum atomic E-state index is 13.6. The molecule has 2 amide bonds. The highest BCUT2D eigenvalue weighted by Crippen LogP contribution is 2.35. The third-order valence-electron chi connectivity index (χ3n) is 6.67. The van der Waals surface area contributed by atoms with Gasteiger partial charge in [-0.1, -0.05) is 42.5 Å². The predicted octanol–water partition coefficient (Wildman–Crippen LogP) is 4.53. The molecule has 0 saturated carbocycles. The summed E-state index contributed by atoms with van der Waals surface area (Å²) >= 11 is 1.01. The van der Waals surface area contributed by atoms with Gasteiger partial charge in [0.15, 0.2) is 5.82 Å². The standard InChI is InChI=1S/C30H22F3N5O4S/c1-2-14-42-20-12-10-17(11-13-20)26-35-29-38(36-26)28(41)25(43-29)24-21-8-3-4-9-22(21)37(27(24)40)16-23(39)34-19-7-5-6-18(15-19)30(31,32)33/h3-13,15H,2,14,16H2,1H3,(H,34,39)/b25-24-. The molecular formula is C30H22F3N5O4S. The molecule has 0 aliphatic carbocycles. The number of nitrogens with one attached hydrogen (secondary N) is 1. The second-order valence-electron chi connectivity index (χ2n) is 9.65. The molecule has 0 bridgehead atoms. The number of rotatable bonds is 7. The van der Waals surface area contributed by atoms with Gasteiger partial charge in [0.2, 0.25) is 10.9 Å². The fraction of sp³-hybridized carbons (Fsp3) is 0.167. The van der Waals surface area contributed by atoms with Crippen molar-refractivity contribution >= 4 is 45.1 Å². The number of alkyl halides is 3. The van der Waals surface area contributed by atoms with Crippen LogP contribution in [-0.2, 0) is 15.8 Å². The summed E-state index contributed by atoms with van der Waals surface area (Å²) in [5.74, 6) is -0.247. The van der Waals surface area contributed by atoms with E-state index in [0.29, 0.717) is 40.0 Å². The molecule has 0 fully saturated rings. The molecule has 43 heavy (non-hydrogen) atoms. The molecule has 0 radical (unpaired) electrons. The summed E-state index contributed by atoms with van der Waals surface area (Å²) in [6.07, 6.45) is -3.69. The Kier molecular flexibility index (Phi) is 7.18. The third-order valence-corrected chi connectivity index (χ3v) is 7.70. The quantitative estimate of drug-likeness (QED) is 0.292. The zero-order valence-electron chi connectivity index (χ0n) is 22.5. The van der Waals surface area contributed by atoms with Crippen LogP contribution in [0.15, 0.2) is 77.6 Å². The predicted molar refractivity (Wildman–Crippen MR) is 155 cm³/mol. The summed E-state index contributed by atoms with van der Waals surface area (Å²) in [6, 6.07) is 18.1. The van der Waals surface area contributed by atoms with Crippen molar-refractivity contribution < 1.29 is 27.5 Å². The lowest BCUT2D eigenvalue weighted by Crippen LogP contribution is -2.37. The number of carbonyl (C=O) groups excluding carboxylic acids is 2. The lowest BCUT2D eigenvalue weighted by atomic mass is 10.1. The zero-order chi connectivity index (χ0) is 30.3. The number of halogens is 3. The van der Waals surface area contributed by atoms with Crippen molar-refractivity contribution in [3.8, 4) is 17.1 Å². The second kappa shape index (κ2) is 11.0. The smallest absolute Gasteiger partial charge is 0.416 e. The average molecular weight is 606 g/mol. The molecular weight excluding hydrogens is 583 g/mol. The van der Waals surface area contributed by atoms with Gasteiger partial charge in [0, 0.05) is 16.8 Å². The molecule has 218 valence electrons. The Morgan fingerprint density at radius 3 is 2.51 bits per heavy atom. The van der Waals surface area contributed by atoms with Gasteiger partial charge in [0.25, 0.3) is 11.5 Å². The average Bonchev–Trinajstić information content (AvgIpc) is 3.62. The number of para-hydroxylation sites is 1. The fourth-order valence-electron chi connectivity index (χ4n) is 4.70. The largest absolute Gasteiger partial charge is 0.494 e. The van der Waals surface area contributed by atoms with Gasteiger partial charge >= 0.3 is 6.18 Å². The van der Waals surface area contributed by atoms with Crippen molar-refractivity contribution in [2.45, 2.75) is 19.5 Å². The number of amides is 2. The number of ether oxygens (including phenoxy) is 1. The summed E-state index contributed by atoms with van der Waals surface area (Å²) in [5, 5.41) is 6.78. The van der Waals surface area contributed by atoms with E-state index < -0.39 is 35.7 Å². The van der Waals surface area contributed by atoms with Gasteiger partial charge in [0.05, 0.1) is 23.4 Å². The molecule has 0 spiro atoms. The maximum Gasteiger partial charge on any atom is 0.416 e. The highest BCUT2D eigenvalue weighted by Gasteiger charge is 2.36. The SMILES string of the molecule is CCCOc1ccc(-c2nc3s/c(=C4\C(=O)N(CC(=O)Nc5cccc(C(F)(F)F)c5)c5ccccc54)c(=O)n3n2)cc1. The van der Waals surface area contributed by atoms with Gasteiger partial charge in [-0.2, -0.15) is 22.7 Å². The van der Waals surface area contributed by atoms with Crippen LogP contribution in [0, 0.1) is 0 Å². The Labute approximate surface area is 245 Å². The first kappa shape index (κ1) is 28.1. The molecule has 1 N–H and O–H groups in total. The van der Waals surface area contributed by atoms with Gasteiger partial charge in [-0.05, 0) is 55.0 Å². The van der Waals surface area contributed by atoms with Crippen LogP contribution in [0.1, 0.15) is 24.5 Å². The minimum absolute atomic E-state index is 0.0599. The van der Waals surface area contributed by atoms with E-state index in [1.165, 1.54) is 17.0 Å². The van der Waals surface area contributed by atoms with Crippen LogP contribution in [0.25, 0.3) is 21.9 Å². The van der Waals surface area contributed by atoms with Crippen LogP contribution < -0.4 is 25.0 Å². The Morgan fingerprint density at radius 2 is 1.79 bits per heavy atom. The number of benzene rings is 3. The van der Waals surface area contributed by atoms with Crippen LogP contribution in [0.5, 0.6) is 5.75 Å². The molecule has 3 aromatic carbocycles. The summed E-state index contributed by atoms with van der Waals surface area (Å²) in [5.41, 5.74) is 0.127. The van der Waals surface area contributed by atoms with Crippen molar-refractivity contribution in [3.05, 3.63) is 98.8 Å². The van der Waals surface area contributed by atoms with E-state index in [1.807, 2.05) is 6.92 Å². The monoisotopic (exact) mass is 605 g/mol. The molecule has 5 aromatic rings. The zero-order valence-corrected chi connectivity index (χ0v) is 23.3. The Bertz CT molecular complexity index is 1990. The first-order valence-corrected chi connectivity index (χ1v) is 14.0.